The van der Waals surface area contributed by atoms with E-state index >= 15 is 0 Å². The highest BCUT2D eigenvalue weighted by atomic mass is 79.9. The number of carboxylic acid groups (broad SMARTS) is 1. The van der Waals surface area contributed by atoms with Gasteiger partial charge in [-0.15, -0.1) is 12.4 Å². The molecular weight excluding hydrogens is 634 g/mol. The molecule has 1 saturated heterocycles. The monoisotopic (exact) mass is 665 g/mol. The highest BCUT2D eigenvalue weighted by molar-refractivity contribution is 9.10. The fourth-order valence-electron chi connectivity index (χ4n) is 5.01. The van der Waals surface area contributed by atoms with Crippen LogP contribution < -0.4 is 24.8 Å². The van der Waals surface area contributed by atoms with Gasteiger partial charge in [-0.3, -0.25) is 15.2 Å². The van der Waals surface area contributed by atoms with Crippen LogP contribution in [0.2, 0.25) is 0 Å². The number of methoxy groups -OCH3 is 1. The quantitative estimate of drug-likeness (QED) is 0.167. The number of amides is 1. The Labute approximate surface area is 265 Å². The van der Waals surface area contributed by atoms with Gasteiger partial charge in [0.15, 0.2) is 0 Å². The van der Waals surface area contributed by atoms with Gasteiger partial charge in [0.2, 0.25) is 5.91 Å². The van der Waals surface area contributed by atoms with Crippen molar-refractivity contribution in [3.63, 3.8) is 0 Å². The molecule has 0 bridgehead atoms. The number of carbonyl (C=O) groups excluding carboxylic acids is 1. The van der Waals surface area contributed by atoms with E-state index in [1.54, 1.807) is 11.1 Å². The van der Waals surface area contributed by atoms with Crippen LogP contribution in [0.1, 0.15) is 35.2 Å². The van der Waals surface area contributed by atoms with E-state index in [1.165, 1.54) is 19.6 Å². The summed E-state index contributed by atoms with van der Waals surface area (Å²) in [6.45, 7) is 1.90. The van der Waals surface area contributed by atoms with E-state index in [-0.39, 0.29) is 36.0 Å². The topological polar surface area (TPSA) is 91.3 Å². The molecular formula is C33H33BrClN3O5. The summed E-state index contributed by atoms with van der Waals surface area (Å²) in [5, 5.41) is 11.3. The molecule has 224 valence electrons. The Balaban J connectivity index is 0.00000423. The fraction of sp³-hybridized carbons (Fsp3) is 0.212. The second-order valence-corrected chi connectivity index (χ2v) is 10.8. The largest absolute Gasteiger partial charge is 0.496 e. The maximum absolute atomic E-state index is 13.6. The highest BCUT2D eigenvalue weighted by Gasteiger charge is 2.22. The fourth-order valence-corrected chi connectivity index (χ4v) is 5.49. The Hall–Kier alpha value is -4.21. The summed E-state index contributed by atoms with van der Waals surface area (Å²) in [6, 6.07) is 28.2. The summed E-state index contributed by atoms with van der Waals surface area (Å²) in [5.74, 6) is 0.216. The van der Waals surface area contributed by atoms with Crippen LogP contribution in [-0.4, -0.2) is 37.2 Å². The number of aromatic carboxylic acids is 1. The predicted octanol–water partition coefficient (Wildman–Crippen LogP) is 7.77. The Morgan fingerprint density at radius 3 is 2.23 bits per heavy atom. The van der Waals surface area contributed by atoms with Crippen LogP contribution in [0, 0.1) is 0 Å². The minimum Gasteiger partial charge on any atom is -0.496 e. The predicted molar refractivity (Wildman–Crippen MR) is 174 cm³/mol. The molecule has 5 rings (SSSR count). The minimum absolute atomic E-state index is 0. The third-order valence-corrected chi connectivity index (χ3v) is 7.82. The Morgan fingerprint density at radius 1 is 0.907 bits per heavy atom. The molecule has 1 fully saturated rings. The summed E-state index contributed by atoms with van der Waals surface area (Å²) in [5.41, 5.74) is 6.36. The molecule has 0 aliphatic carbocycles. The summed E-state index contributed by atoms with van der Waals surface area (Å²) < 4.78 is 11.8. The number of nitrogens with one attached hydrogen (secondary N) is 1. The van der Waals surface area contributed by atoms with Crippen LogP contribution >= 0.6 is 28.3 Å². The summed E-state index contributed by atoms with van der Waals surface area (Å²) in [4.78, 5) is 27.5. The number of piperidine rings is 1. The number of hydrogen-bond donors (Lipinski definition) is 2. The van der Waals surface area contributed by atoms with Crippen molar-refractivity contribution in [2.75, 3.05) is 30.1 Å². The first-order chi connectivity index (χ1) is 20.4. The van der Waals surface area contributed by atoms with Gasteiger partial charge in [-0.05, 0) is 85.5 Å². The molecule has 0 spiro atoms. The zero-order valence-electron chi connectivity index (χ0n) is 23.7. The normalized spacial score (nSPS) is 12.6. The zero-order chi connectivity index (χ0) is 29.5. The van der Waals surface area contributed by atoms with Crippen molar-refractivity contribution in [1.29, 1.82) is 0 Å². The number of ether oxygens (including phenoxy) is 2. The van der Waals surface area contributed by atoms with E-state index in [4.69, 9.17) is 9.47 Å². The summed E-state index contributed by atoms with van der Waals surface area (Å²) >= 11 is 3.43. The number of hydrazine groups is 1. The summed E-state index contributed by atoms with van der Waals surface area (Å²) in [6.07, 6.45) is 3.44. The molecule has 0 radical (unpaired) electrons. The second-order valence-electron chi connectivity index (χ2n) is 9.94. The molecule has 0 atom stereocenters. The van der Waals surface area contributed by atoms with Gasteiger partial charge in [0.25, 0.3) is 0 Å². The first kappa shape index (κ1) is 31.7. The number of hydrogen-bond acceptors (Lipinski definition) is 6. The van der Waals surface area contributed by atoms with E-state index in [9.17, 15) is 14.7 Å². The zero-order valence-corrected chi connectivity index (χ0v) is 26.1. The number of nitrogens with zero attached hydrogens (tertiary/aromatic N) is 2. The molecule has 1 aliphatic rings. The molecule has 4 aromatic rings. The number of halogens is 2. The maximum atomic E-state index is 13.6. The van der Waals surface area contributed by atoms with Gasteiger partial charge in [-0.1, -0.05) is 46.3 Å². The molecule has 0 aromatic heterocycles. The van der Waals surface area contributed by atoms with E-state index in [0.717, 1.165) is 48.7 Å². The molecule has 0 saturated carbocycles. The molecule has 0 unspecified atom stereocenters. The molecule has 8 nitrogen and oxygen atoms in total. The highest BCUT2D eigenvalue weighted by Crippen LogP contribution is 2.36. The van der Waals surface area contributed by atoms with Gasteiger partial charge in [-0.25, -0.2) is 4.79 Å². The van der Waals surface area contributed by atoms with Crippen LogP contribution in [0.4, 0.5) is 17.1 Å². The number of para-hydroxylation sites is 3. The van der Waals surface area contributed by atoms with Crippen LogP contribution in [0.25, 0.3) is 0 Å². The Morgan fingerprint density at radius 2 is 1.56 bits per heavy atom. The van der Waals surface area contributed by atoms with E-state index in [0.29, 0.717) is 15.8 Å². The van der Waals surface area contributed by atoms with Gasteiger partial charge in [0, 0.05) is 17.6 Å². The van der Waals surface area contributed by atoms with Gasteiger partial charge >= 0.3 is 5.97 Å². The molecule has 1 amide bonds. The second kappa shape index (κ2) is 14.8. The summed E-state index contributed by atoms with van der Waals surface area (Å²) in [7, 11) is 1.41. The number of anilines is 3. The lowest BCUT2D eigenvalue weighted by atomic mass is 10.1. The Kier molecular flexibility index (Phi) is 10.9. The van der Waals surface area contributed by atoms with Crippen LogP contribution in [0.15, 0.2) is 95.5 Å². The molecule has 4 aromatic carbocycles. The van der Waals surface area contributed by atoms with Crippen LogP contribution in [0.5, 0.6) is 17.2 Å². The standard InChI is InChI=1S/C33H32BrN3O5.ClH/c1-41-31-20-23(28(34)22-27(31)33(39)40)21-32(38)35-37(30-13-7-6-12-29(30)36-18-8-3-9-19-36)24-14-16-26(17-15-24)42-25-10-4-2-5-11-25;/h2,4-7,10-17,20,22H,3,8-9,18-19,21H2,1H3,(H,35,38)(H,39,40);1H. The molecule has 1 heterocycles. The van der Waals surface area contributed by atoms with E-state index in [1.807, 2.05) is 72.8 Å². The molecule has 43 heavy (non-hydrogen) atoms. The first-order valence-corrected chi connectivity index (χ1v) is 14.6. The smallest absolute Gasteiger partial charge is 0.339 e. The number of carbonyl (C=O) groups is 2. The number of rotatable bonds is 10. The van der Waals surface area contributed by atoms with Crippen molar-refractivity contribution in [2.24, 2.45) is 0 Å². The van der Waals surface area contributed by atoms with Crippen LogP contribution in [0.3, 0.4) is 0 Å². The molecule has 2 N–H and O–H groups in total. The van der Waals surface area contributed by atoms with Crippen LogP contribution in [-0.2, 0) is 11.2 Å². The lowest BCUT2D eigenvalue weighted by Crippen LogP contribution is -2.41. The lowest BCUT2D eigenvalue weighted by molar-refractivity contribution is -0.120. The minimum atomic E-state index is -1.11. The van der Waals surface area contributed by atoms with Gasteiger partial charge < -0.3 is 19.5 Å². The Bertz CT molecular complexity index is 1550. The first-order valence-electron chi connectivity index (χ1n) is 13.8. The third kappa shape index (κ3) is 7.80. The number of benzene rings is 4. The third-order valence-electron chi connectivity index (χ3n) is 7.08. The maximum Gasteiger partial charge on any atom is 0.339 e. The lowest BCUT2D eigenvalue weighted by Gasteiger charge is -2.34. The van der Waals surface area contributed by atoms with E-state index < -0.39 is 5.97 Å². The van der Waals surface area contributed by atoms with Crippen molar-refractivity contribution >= 4 is 57.3 Å². The average Bonchev–Trinajstić information content (AvgIpc) is 3.02. The van der Waals surface area contributed by atoms with Gasteiger partial charge in [-0.2, -0.15) is 0 Å². The van der Waals surface area contributed by atoms with Crippen molar-refractivity contribution < 1.29 is 24.2 Å². The van der Waals surface area contributed by atoms with Crippen molar-refractivity contribution in [3.05, 3.63) is 107 Å². The van der Waals surface area contributed by atoms with E-state index in [2.05, 4.69) is 32.3 Å². The van der Waals surface area contributed by atoms with Gasteiger partial charge in [0.05, 0.1) is 30.6 Å². The van der Waals surface area contributed by atoms with Crippen molar-refractivity contribution in [1.82, 2.24) is 5.43 Å². The van der Waals surface area contributed by atoms with Gasteiger partial charge in [0.1, 0.15) is 22.8 Å². The number of carboxylic acids is 1. The SMILES string of the molecule is COc1cc(CC(=O)NN(c2ccc(Oc3ccccc3)cc2)c2ccccc2N2CCCCC2)c(Br)cc1C(=O)O.Cl. The molecule has 10 heteroatoms. The van der Waals surface area contributed by atoms with Crippen molar-refractivity contribution in [2.45, 2.75) is 25.7 Å². The van der Waals surface area contributed by atoms with Crippen molar-refractivity contribution in [3.8, 4) is 17.2 Å². The molecule has 1 aliphatic heterocycles. The average molecular weight is 667 g/mol.